The topological polar surface area (TPSA) is 109 Å². The number of nitriles is 2. The molecule has 2 rings (SSSR count). The van der Waals surface area contributed by atoms with Crippen molar-refractivity contribution in [1.29, 1.82) is 10.5 Å². The van der Waals surface area contributed by atoms with Gasteiger partial charge in [-0.1, -0.05) is 12.1 Å². The van der Waals surface area contributed by atoms with Crippen LogP contribution in [0.3, 0.4) is 0 Å². The smallest absolute Gasteiger partial charge is 0.243 e. The van der Waals surface area contributed by atoms with Gasteiger partial charge in [0.15, 0.2) is 0 Å². The Bertz CT molecular complexity index is 891. The summed E-state index contributed by atoms with van der Waals surface area (Å²) < 4.78 is 27.5. The fourth-order valence-electron chi connectivity index (χ4n) is 3.27. The molecular weight excluding hydrogens is 390 g/mol. The summed E-state index contributed by atoms with van der Waals surface area (Å²) in [6, 6.07) is 9.43. The summed E-state index contributed by atoms with van der Waals surface area (Å²) in [4.78, 5) is 16.3. The molecule has 0 atom stereocenters. The van der Waals surface area contributed by atoms with Crippen LogP contribution < -0.4 is 0 Å². The second-order valence-corrected chi connectivity index (χ2v) is 9.05. The third kappa shape index (κ3) is 6.01. The van der Waals surface area contributed by atoms with Gasteiger partial charge in [-0.25, -0.2) is 8.42 Å². The van der Waals surface area contributed by atoms with Crippen molar-refractivity contribution in [1.82, 2.24) is 14.1 Å². The Balaban J connectivity index is 1.97. The third-order valence-corrected chi connectivity index (χ3v) is 7.03. The van der Waals surface area contributed by atoms with Gasteiger partial charge in [-0.3, -0.25) is 9.69 Å². The monoisotopic (exact) mass is 417 g/mol. The van der Waals surface area contributed by atoms with Crippen molar-refractivity contribution in [2.24, 2.45) is 0 Å². The lowest BCUT2D eigenvalue weighted by Crippen LogP contribution is -2.51. The zero-order valence-electron chi connectivity index (χ0n) is 17.0. The maximum atomic E-state index is 13.0. The van der Waals surface area contributed by atoms with Crippen LogP contribution >= 0.6 is 0 Å². The normalized spacial score (nSPS) is 15.4. The van der Waals surface area contributed by atoms with E-state index >= 15 is 0 Å². The molecule has 1 aliphatic heterocycles. The summed E-state index contributed by atoms with van der Waals surface area (Å²) >= 11 is 0. The molecule has 8 nitrogen and oxygen atoms in total. The number of hydrogen-bond acceptors (Lipinski definition) is 6. The molecule has 29 heavy (non-hydrogen) atoms. The highest BCUT2D eigenvalue weighted by Crippen LogP contribution is 2.22. The summed E-state index contributed by atoms with van der Waals surface area (Å²) in [7, 11) is -3.57. The first-order valence-corrected chi connectivity index (χ1v) is 11.0. The number of carbonyl (C=O) groups is 1. The van der Waals surface area contributed by atoms with Crippen molar-refractivity contribution in [3.8, 4) is 12.1 Å². The zero-order chi connectivity index (χ0) is 21.4. The van der Waals surface area contributed by atoms with Gasteiger partial charge in [-0.15, -0.1) is 0 Å². The van der Waals surface area contributed by atoms with E-state index in [0.717, 1.165) is 11.1 Å². The molecule has 0 aromatic heterocycles. The minimum atomic E-state index is -3.57. The van der Waals surface area contributed by atoms with Crippen molar-refractivity contribution in [2.75, 3.05) is 45.8 Å². The van der Waals surface area contributed by atoms with Gasteiger partial charge in [-0.2, -0.15) is 14.8 Å². The van der Waals surface area contributed by atoms with Crippen LogP contribution in [0.4, 0.5) is 0 Å². The SMILES string of the molecule is Cc1ccc(C)c(S(=O)(=O)N2CCN(CC(=O)N(CCC#N)CCC#N)CC2)c1. The molecule has 1 amide bonds. The summed E-state index contributed by atoms with van der Waals surface area (Å²) in [6.45, 7) is 5.98. The number of piperazine rings is 1. The number of aryl methyl sites for hydroxylation is 2. The maximum absolute atomic E-state index is 13.0. The Morgan fingerprint density at radius 2 is 1.66 bits per heavy atom. The van der Waals surface area contributed by atoms with Crippen LogP contribution in [0.2, 0.25) is 0 Å². The molecule has 1 saturated heterocycles. The molecule has 1 aromatic carbocycles. The Morgan fingerprint density at radius 1 is 1.07 bits per heavy atom. The first kappa shape index (κ1) is 22.8. The van der Waals surface area contributed by atoms with Gasteiger partial charge < -0.3 is 4.90 Å². The highest BCUT2D eigenvalue weighted by molar-refractivity contribution is 7.89. The van der Waals surface area contributed by atoms with Gasteiger partial charge >= 0.3 is 0 Å². The Labute approximate surface area is 173 Å². The van der Waals surface area contributed by atoms with Gasteiger partial charge in [0.05, 0.1) is 36.4 Å². The molecule has 1 aliphatic rings. The molecule has 0 spiro atoms. The molecule has 0 saturated carbocycles. The Hall–Kier alpha value is -2.46. The molecule has 0 N–H and O–H groups in total. The lowest BCUT2D eigenvalue weighted by Gasteiger charge is -2.34. The molecule has 0 radical (unpaired) electrons. The van der Waals surface area contributed by atoms with E-state index in [1.54, 1.807) is 13.0 Å². The van der Waals surface area contributed by atoms with E-state index in [4.69, 9.17) is 10.5 Å². The highest BCUT2D eigenvalue weighted by atomic mass is 32.2. The minimum absolute atomic E-state index is 0.138. The van der Waals surface area contributed by atoms with E-state index in [9.17, 15) is 13.2 Å². The number of sulfonamides is 1. The number of amides is 1. The number of hydrogen-bond donors (Lipinski definition) is 0. The number of benzene rings is 1. The summed E-state index contributed by atoms with van der Waals surface area (Å²) in [5.74, 6) is -0.138. The molecule has 1 aromatic rings. The van der Waals surface area contributed by atoms with Crippen LogP contribution in [0.25, 0.3) is 0 Å². The summed E-state index contributed by atoms with van der Waals surface area (Å²) in [5, 5.41) is 17.5. The summed E-state index contributed by atoms with van der Waals surface area (Å²) in [5.41, 5.74) is 1.62. The fourth-order valence-corrected chi connectivity index (χ4v) is 5.01. The van der Waals surface area contributed by atoms with E-state index in [1.807, 2.05) is 36.1 Å². The standard InChI is InChI=1S/C20H27N5O3S/c1-17-5-6-18(2)19(15-17)29(27,28)25-13-11-23(12-14-25)16-20(26)24(9-3-7-21)10-4-8-22/h5-6,15H,3-4,9-14,16H2,1-2H3. The van der Waals surface area contributed by atoms with Crippen molar-refractivity contribution in [3.05, 3.63) is 29.3 Å². The first-order valence-electron chi connectivity index (χ1n) is 9.61. The molecule has 0 bridgehead atoms. The van der Waals surface area contributed by atoms with E-state index in [1.165, 1.54) is 9.21 Å². The minimum Gasteiger partial charge on any atom is -0.340 e. The van der Waals surface area contributed by atoms with Crippen LogP contribution in [0.5, 0.6) is 0 Å². The van der Waals surface area contributed by atoms with E-state index in [2.05, 4.69) is 0 Å². The largest absolute Gasteiger partial charge is 0.340 e. The molecule has 9 heteroatoms. The van der Waals surface area contributed by atoms with Crippen LogP contribution in [0.15, 0.2) is 23.1 Å². The van der Waals surface area contributed by atoms with E-state index < -0.39 is 10.0 Å². The number of rotatable bonds is 8. The molecule has 1 fully saturated rings. The Morgan fingerprint density at radius 3 is 2.21 bits per heavy atom. The predicted molar refractivity (Wildman–Crippen MR) is 108 cm³/mol. The fraction of sp³-hybridized carbons (Fsp3) is 0.550. The molecule has 1 heterocycles. The van der Waals surface area contributed by atoms with Crippen molar-refractivity contribution >= 4 is 15.9 Å². The van der Waals surface area contributed by atoms with Gasteiger partial charge in [-0.05, 0) is 31.0 Å². The van der Waals surface area contributed by atoms with Gasteiger partial charge in [0.2, 0.25) is 15.9 Å². The van der Waals surface area contributed by atoms with Crippen LogP contribution in [-0.4, -0.2) is 74.2 Å². The zero-order valence-corrected chi connectivity index (χ0v) is 17.8. The molecule has 156 valence electrons. The van der Waals surface area contributed by atoms with Crippen LogP contribution in [0, 0.1) is 36.5 Å². The number of nitrogens with zero attached hydrogens (tertiary/aromatic N) is 5. The second-order valence-electron chi connectivity index (χ2n) is 7.15. The maximum Gasteiger partial charge on any atom is 0.243 e. The highest BCUT2D eigenvalue weighted by Gasteiger charge is 2.30. The van der Waals surface area contributed by atoms with Crippen LogP contribution in [0.1, 0.15) is 24.0 Å². The third-order valence-electron chi connectivity index (χ3n) is 4.99. The molecule has 0 unspecified atom stereocenters. The van der Waals surface area contributed by atoms with Crippen molar-refractivity contribution in [2.45, 2.75) is 31.6 Å². The van der Waals surface area contributed by atoms with Crippen molar-refractivity contribution in [3.63, 3.8) is 0 Å². The average Bonchev–Trinajstić information content (AvgIpc) is 2.70. The lowest BCUT2D eigenvalue weighted by atomic mass is 10.2. The molecular formula is C20H27N5O3S. The quantitative estimate of drug-likeness (QED) is 0.630. The summed E-state index contributed by atoms with van der Waals surface area (Å²) in [6.07, 6.45) is 0.443. The molecule has 0 aliphatic carbocycles. The predicted octanol–water partition coefficient (Wildman–Crippen LogP) is 1.27. The van der Waals surface area contributed by atoms with Gasteiger partial charge in [0, 0.05) is 39.3 Å². The van der Waals surface area contributed by atoms with Gasteiger partial charge in [0.1, 0.15) is 0 Å². The lowest BCUT2D eigenvalue weighted by molar-refractivity contribution is -0.132. The Kier molecular flexibility index (Phi) is 8.15. The van der Waals surface area contributed by atoms with Crippen LogP contribution in [-0.2, 0) is 14.8 Å². The average molecular weight is 418 g/mol. The first-order chi connectivity index (χ1) is 13.8. The van der Waals surface area contributed by atoms with Crippen molar-refractivity contribution < 1.29 is 13.2 Å². The van der Waals surface area contributed by atoms with Gasteiger partial charge in [0.25, 0.3) is 0 Å². The van der Waals surface area contributed by atoms with E-state index in [0.29, 0.717) is 44.2 Å². The number of carbonyl (C=O) groups excluding carboxylic acids is 1. The second kappa shape index (κ2) is 10.4. The van der Waals surface area contributed by atoms with E-state index in [-0.39, 0.29) is 25.3 Å².